The number of carbonyl (C=O) groups is 1. The smallest absolute Gasteiger partial charge is 0.369 e. The molecule has 0 spiro atoms. The van der Waals surface area contributed by atoms with Gasteiger partial charge in [-0.2, -0.15) is 26.3 Å². The summed E-state index contributed by atoms with van der Waals surface area (Å²) in [5, 5.41) is 12.6. The van der Waals surface area contributed by atoms with Gasteiger partial charge >= 0.3 is 12.4 Å². The van der Waals surface area contributed by atoms with Crippen LogP contribution in [0.3, 0.4) is 0 Å². The molecule has 0 radical (unpaired) electrons. The summed E-state index contributed by atoms with van der Waals surface area (Å²) in [6.07, 6.45) is -9.78. The fourth-order valence-corrected chi connectivity index (χ4v) is 4.64. The van der Waals surface area contributed by atoms with E-state index >= 15 is 0 Å². The van der Waals surface area contributed by atoms with Gasteiger partial charge < -0.3 is 20.1 Å². The number of hydrogen-bond donors (Lipinski definition) is 2. The number of rotatable bonds is 4. The lowest BCUT2D eigenvalue weighted by Gasteiger charge is -2.33. The highest BCUT2D eigenvalue weighted by atomic mass is 19.4. The largest absolute Gasteiger partial charge is 0.430 e. The molecule has 2 aliphatic rings. The molecule has 11 heteroatoms. The Bertz CT molecular complexity index is 987. The number of likely N-dealkylation sites (tertiary alicyclic amines) is 1. The molecule has 2 fully saturated rings. The van der Waals surface area contributed by atoms with Gasteiger partial charge in [-0.25, -0.2) is 4.39 Å². The lowest BCUT2D eigenvalue weighted by molar-refractivity contribution is -0.376. The molecule has 0 aromatic heterocycles. The highest BCUT2D eigenvalue weighted by Crippen LogP contribution is 2.50. The van der Waals surface area contributed by atoms with Gasteiger partial charge in [-0.3, -0.25) is 0 Å². The Morgan fingerprint density at radius 1 is 0.889 bits per heavy atom. The zero-order chi connectivity index (χ0) is 26.7. The predicted molar refractivity (Wildman–Crippen MR) is 119 cm³/mol. The van der Waals surface area contributed by atoms with Crippen LogP contribution in [0.2, 0.25) is 0 Å². The van der Waals surface area contributed by atoms with Crippen LogP contribution in [-0.4, -0.2) is 61.9 Å². The molecule has 2 heterocycles. The molecule has 2 aliphatic heterocycles. The quantitative estimate of drug-likeness (QED) is 0.452. The first-order valence-corrected chi connectivity index (χ1v) is 11.3. The second kappa shape index (κ2) is 10.9. The van der Waals surface area contributed by atoms with E-state index in [0.717, 1.165) is 31.4 Å². The first kappa shape index (κ1) is 28.1. The van der Waals surface area contributed by atoms with E-state index in [1.54, 1.807) is 12.1 Å². The molecule has 0 saturated carbocycles. The summed E-state index contributed by atoms with van der Waals surface area (Å²) >= 11 is 0. The summed E-state index contributed by atoms with van der Waals surface area (Å²) in [5.74, 6) is -0.403. The van der Waals surface area contributed by atoms with Gasteiger partial charge in [0.15, 0.2) is 0 Å². The number of nitrogens with zero attached hydrogens (tertiary/aromatic N) is 1. The summed E-state index contributed by atoms with van der Waals surface area (Å²) in [6, 6.07) is 9.53. The average molecular weight is 520 g/mol. The molecule has 0 bridgehead atoms. The second-order valence-corrected chi connectivity index (χ2v) is 9.20. The number of carbonyl (C=O) groups excluding carboxylic acids is 1. The molecule has 2 aromatic carbocycles. The Hall–Kier alpha value is -2.50. The van der Waals surface area contributed by atoms with Crippen LogP contribution in [0.25, 0.3) is 0 Å². The lowest BCUT2D eigenvalue weighted by Crippen LogP contribution is -2.53. The van der Waals surface area contributed by atoms with Crippen molar-refractivity contribution in [2.75, 3.05) is 33.2 Å². The van der Waals surface area contributed by atoms with Crippen LogP contribution in [0.1, 0.15) is 34.9 Å². The van der Waals surface area contributed by atoms with E-state index in [0.29, 0.717) is 36.7 Å². The van der Waals surface area contributed by atoms with Gasteiger partial charge in [-0.1, -0.05) is 36.4 Å². The van der Waals surface area contributed by atoms with Crippen LogP contribution < -0.4 is 5.32 Å². The Morgan fingerprint density at radius 3 is 1.72 bits per heavy atom. The van der Waals surface area contributed by atoms with Crippen molar-refractivity contribution in [1.82, 2.24) is 10.2 Å². The maximum absolute atomic E-state index is 13.2. The molecule has 198 valence electrons. The van der Waals surface area contributed by atoms with Crippen molar-refractivity contribution in [3.05, 3.63) is 71.0 Å². The Labute approximate surface area is 204 Å². The van der Waals surface area contributed by atoms with Crippen LogP contribution in [0.15, 0.2) is 48.5 Å². The number of aliphatic hydroxyl groups is 1. The Kier molecular flexibility index (Phi) is 8.47. The zero-order valence-electron chi connectivity index (χ0n) is 19.4. The topological polar surface area (TPSA) is 52.6 Å². The van der Waals surface area contributed by atoms with E-state index in [1.807, 2.05) is 11.9 Å². The SMILES string of the molecule is CN1CC(c2ccc(F)cc2)C(c2ccc(C(O)(C(F)(F)F)C(F)(F)F)cc2)C1.O=CC1CCNC1. The third-order valence-electron chi connectivity index (χ3n) is 6.67. The molecule has 3 unspecified atom stereocenters. The maximum Gasteiger partial charge on any atom is 0.430 e. The van der Waals surface area contributed by atoms with Crippen molar-refractivity contribution in [1.29, 1.82) is 0 Å². The van der Waals surface area contributed by atoms with Crippen molar-refractivity contribution in [2.45, 2.75) is 36.2 Å². The van der Waals surface area contributed by atoms with Gasteiger partial charge in [-0.05, 0) is 43.3 Å². The molecule has 4 rings (SSSR count). The summed E-state index contributed by atoms with van der Waals surface area (Å²) in [6.45, 7) is 3.05. The number of hydrogen-bond acceptors (Lipinski definition) is 4. The van der Waals surface area contributed by atoms with E-state index in [9.17, 15) is 40.6 Å². The van der Waals surface area contributed by atoms with E-state index in [2.05, 4.69) is 5.32 Å². The molecule has 0 amide bonds. The van der Waals surface area contributed by atoms with E-state index in [-0.39, 0.29) is 11.8 Å². The molecule has 4 nitrogen and oxygen atoms in total. The molecule has 3 atom stereocenters. The van der Waals surface area contributed by atoms with E-state index in [1.165, 1.54) is 24.3 Å². The minimum Gasteiger partial charge on any atom is -0.369 e. The normalized spacial score (nSPS) is 23.3. The number of halogens is 7. The standard InChI is InChI=1S/C20H18F7NO.C5H9NO/c1-28-10-16(17(11-28)13-4-8-15(21)9-5-13)12-2-6-14(7-3-12)18(29,19(22,23)24)20(25,26)27;7-4-5-1-2-6-3-5/h2-9,16-17,29H,10-11H2,1H3;4-6H,1-3H2. The summed E-state index contributed by atoms with van der Waals surface area (Å²) in [4.78, 5) is 11.9. The van der Waals surface area contributed by atoms with Crippen LogP contribution in [0, 0.1) is 11.7 Å². The van der Waals surface area contributed by atoms with Crippen molar-refractivity contribution in [3.8, 4) is 0 Å². The predicted octanol–water partition coefficient (Wildman–Crippen LogP) is 4.75. The Balaban J connectivity index is 0.000000444. The lowest BCUT2D eigenvalue weighted by atomic mass is 9.82. The third-order valence-corrected chi connectivity index (χ3v) is 6.67. The maximum atomic E-state index is 13.2. The molecular weight excluding hydrogens is 493 g/mol. The molecule has 2 aromatic rings. The van der Waals surface area contributed by atoms with Crippen LogP contribution >= 0.6 is 0 Å². The number of aldehydes is 1. The fourth-order valence-electron chi connectivity index (χ4n) is 4.64. The van der Waals surface area contributed by atoms with Gasteiger partial charge in [0.05, 0.1) is 0 Å². The summed E-state index contributed by atoms with van der Waals surface area (Å²) in [5.41, 5.74) is -4.86. The highest BCUT2D eigenvalue weighted by Gasteiger charge is 2.71. The number of alkyl halides is 6. The molecule has 0 aliphatic carbocycles. The first-order chi connectivity index (χ1) is 16.8. The van der Waals surface area contributed by atoms with Gasteiger partial charge in [0.2, 0.25) is 0 Å². The van der Waals surface area contributed by atoms with Crippen LogP contribution in [-0.2, 0) is 10.4 Å². The van der Waals surface area contributed by atoms with Gasteiger partial charge in [-0.15, -0.1) is 0 Å². The highest BCUT2D eigenvalue weighted by molar-refractivity contribution is 5.54. The van der Waals surface area contributed by atoms with E-state index < -0.39 is 29.3 Å². The second-order valence-electron chi connectivity index (χ2n) is 9.20. The van der Waals surface area contributed by atoms with Gasteiger partial charge in [0.1, 0.15) is 12.1 Å². The van der Waals surface area contributed by atoms with Crippen molar-refractivity contribution in [2.24, 2.45) is 5.92 Å². The Morgan fingerprint density at radius 2 is 1.36 bits per heavy atom. The molecular formula is C25H27F7N2O2. The van der Waals surface area contributed by atoms with Gasteiger partial charge in [0.25, 0.3) is 5.60 Å². The zero-order valence-corrected chi connectivity index (χ0v) is 19.4. The number of likely N-dealkylation sites (N-methyl/N-ethyl adjacent to an activating group) is 1. The average Bonchev–Trinajstić information content (AvgIpc) is 3.48. The molecule has 2 N–H and O–H groups in total. The number of benzene rings is 2. The van der Waals surface area contributed by atoms with Crippen molar-refractivity contribution in [3.63, 3.8) is 0 Å². The minimum absolute atomic E-state index is 0.101. The van der Waals surface area contributed by atoms with E-state index in [4.69, 9.17) is 0 Å². The number of nitrogens with one attached hydrogen (secondary N) is 1. The van der Waals surface area contributed by atoms with Crippen molar-refractivity contribution < 1.29 is 40.6 Å². The third kappa shape index (κ3) is 5.90. The fraction of sp³-hybridized carbons (Fsp3) is 0.480. The molecule has 36 heavy (non-hydrogen) atoms. The summed E-state index contributed by atoms with van der Waals surface area (Å²) in [7, 11) is 1.84. The first-order valence-electron chi connectivity index (χ1n) is 11.3. The van der Waals surface area contributed by atoms with Crippen molar-refractivity contribution >= 4 is 6.29 Å². The summed E-state index contributed by atoms with van der Waals surface area (Å²) < 4.78 is 91.5. The molecule has 2 saturated heterocycles. The van der Waals surface area contributed by atoms with Crippen LogP contribution in [0.5, 0.6) is 0 Å². The van der Waals surface area contributed by atoms with Crippen LogP contribution in [0.4, 0.5) is 30.7 Å². The minimum atomic E-state index is -5.92. The van der Waals surface area contributed by atoms with Gasteiger partial charge in [0, 0.05) is 43.0 Å². The monoisotopic (exact) mass is 520 g/mol.